The fourth-order valence-electron chi connectivity index (χ4n) is 4.31. The molecule has 1 heterocycles. The van der Waals surface area contributed by atoms with E-state index in [1.54, 1.807) is 0 Å². The minimum absolute atomic E-state index is 0.221. The first kappa shape index (κ1) is 17.5. The molecule has 132 valence electrons. The number of amides is 1. The Hall–Kier alpha value is -1.35. The average molecular weight is 329 g/mol. The van der Waals surface area contributed by atoms with Crippen LogP contribution in [-0.2, 0) is 0 Å². The van der Waals surface area contributed by atoms with Crippen LogP contribution >= 0.6 is 0 Å². The van der Waals surface area contributed by atoms with Crippen LogP contribution in [-0.4, -0.2) is 36.5 Å². The topological polar surface area (TPSA) is 32.3 Å². The van der Waals surface area contributed by atoms with Crippen molar-refractivity contribution >= 4 is 5.91 Å². The summed E-state index contributed by atoms with van der Waals surface area (Å²) in [6.07, 6.45) is 9.88. The standard InChI is InChI=1S/C21H32N2O/c1-2-16-23(20-12-14-22-15-13-20)21(24)19-10-8-18(9-11-19)17-6-4-3-5-7-17/h8-11,17,20,22H,2-7,12-16H2,1H3. The Labute approximate surface area is 146 Å². The molecule has 1 aliphatic heterocycles. The van der Waals surface area contributed by atoms with Gasteiger partial charge in [0, 0.05) is 18.2 Å². The molecule has 0 unspecified atom stereocenters. The molecule has 0 atom stereocenters. The van der Waals surface area contributed by atoms with E-state index in [2.05, 4.69) is 41.4 Å². The van der Waals surface area contributed by atoms with E-state index in [0.717, 1.165) is 44.5 Å². The average Bonchev–Trinajstić information content (AvgIpc) is 2.67. The number of nitrogens with one attached hydrogen (secondary N) is 1. The van der Waals surface area contributed by atoms with E-state index < -0.39 is 0 Å². The van der Waals surface area contributed by atoms with Crippen LogP contribution in [0.5, 0.6) is 0 Å². The lowest BCUT2D eigenvalue weighted by molar-refractivity contribution is 0.0642. The SMILES string of the molecule is CCCN(C(=O)c1ccc(C2CCCCC2)cc1)C1CCNCC1. The van der Waals surface area contributed by atoms with Crippen LogP contribution in [0.1, 0.15) is 80.1 Å². The Morgan fingerprint density at radius 3 is 2.33 bits per heavy atom. The van der Waals surface area contributed by atoms with Crippen molar-refractivity contribution in [2.75, 3.05) is 19.6 Å². The van der Waals surface area contributed by atoms with Crippen molar-refractivity contribution in [3.05, 3.63) is 35.4 Å². The van der Waals surface area contributed by atoms with Crippen LogP contribution in [0.2, 0.25) is 0 Å². The van der Waals surface area contributed by atoms with E-state index >= 15 is 0 Å². The van der Waals surface area contributed by atoms with Gasteiger partial charge in [-0.2, -0.15) is 0 Å². The molecule has 1 amide bonds. The molecule has 3 rings (SSSR count). The molecule has 1 saturated heterocycles. The first-order chi connectivity index (χ1) is 11.8. The van der Waals surface area contributed by atoms with Crippen molar-refractivity contribution in [3.63, 3.8) is 0 Å². The van der Waals surface area contributed by atoms with Crippen LogP contribution in [0.3, 0.4) is 0 Å². The van der Waals surface area contributed by atoms with Crippen LogP contribution in [0.25, 0.3) is 0 Å². The molecular weight excluding hydrogens is 296 g/mol. The summed E-state index contributed by atoms with van der Waals surface area (Å²) in [6.45, 7) is 5.08. The largest absolute Gasteiger partial charge is 0.336 e. The van der Waals surface area contributed by atoms with Crippen molar-refractivity contribution in [1.82, 2.24) is 10.2 Å². The number of carbonyl (C=O) groups excluding carboxylic acids is 1. The summed E-state index contributed by atoms with van der Waals surface area (Å²) in [5.41, 5.74) is 2.29. The molecule has 1 aromatic rings. The minimum atomic E-state index is 0.221. The monoisotopic (exact) mass is 328 g/mol. The number of benzene rings is 1. The van der Waals surface area contributed by atoms with Crippen molar-refractivity contribution in [2.24, 2.45) is 0 Å². The summed E-state index contributed by atoms with van der Waals surface area (Å²) >= 11 is 0. The molecule has 0 spiro atoms. The Balaban J connectivity index is 1.69. The van der Waals surface area contributed by atoms with E-state index in [1.807, 2.05) is 0 Å². The highest BCUT2D eigenvalue weighted by atomic mass is 16.2. The van der Waals surface area contributed by atoms with Gasteiger partial charge in [0.1, 0.15) is 0 Å². The summed E-state index contributed by atoms with van der Waals surface area (Å²) in [4.78, 5) is 15.1. The van der Waals surface area contributed by atoms with Crippen LogP contribution in [0.4, 0.5) is 0 Å². The molecule has 3 nitrogen and oxygen atoms in total. The van der Waals surface area contributed by atoms with Gasteiger partial charge in [0.05, 0.1) is 0 Å². The molecule has 24 heavy (non-hydrogen) atoms. The molecule has 0 radical (unpaired) electrons. The zero-order valence-electron chi connectivity index (χ0n) is 15.1. The highest BCUT2D eigenvalue weighted by molar-refractivity contribution is 5.94. The van der Waals surface area contributed by atoms with Gasteiger partial charge < -0.3 is 10.2 Å². The Morgan fingerprint density at radius 1 is 1.04 bits per heavy atom. The quantitative estimate of drug-likeness (QED) is 0.872. The van der Waals surface area contributed by atoms with Gasteiger partial charge in [0.2, 0.25) is 0 Å². The number of carbonyl (C=O) groups is 1. The van der Waals surface area contributed by atoms with Gasteiger partial charge in [-0.05, 0) is 68.8 Å². The van der Waals surface area contributed by atoms with E-state index in [4.69, 9.17) is 0 Å². The van der Waals surface area contributed by atoms with Gasteiger partial charge in [0.25, 0.3) is 5.91 Å². The van der Waals surface area contributed by atoms with Gasteiger partial charge in [-0.15, -0.1) is 0 Å². The zero-order chi connectivity index (χ0) is 16.8. The van der Waals surface area contributed by atoms with Gasteiger partial charge in [0.15, 0.2) is 0 Å². The second-order valence-corrected chi connectivity index (χ2v) is 7.44. The molecule has 1 N–H and O–H groups in total. The first-order valence-corrected chi connectivity index (χ1v) is 9.91. The number of piperidine rings is 1. The smallest absolute Gasteiger partial charge is 0.254 e. The lowest BCUT2D eigenvalue weighted by Gasteiger charge is -2.34. The van der Waals surface area contributed by atoms with E-state index in [0.29, 0.717) is 12.0 Å². The van der Waals surface area contributed by atoms with Crippen LogP contribution < -0.4 is 5.32 Å². The Bertz CT molecular complexity index is 513. The number of hydrogen-bond acceptors (Lipinski definition) is 2. The molecule has 2 fully saturated rings. The molecule has 0 bridgehead atoms. The lowest BCUT2D eigenvalue weighted by atomic mass is 9.84. The molecule has 1 aliphatic carbocycles. The van der Waals surface area contributed by atoms with Gasteiger partial charge >= 0.3 is 0 Å². The van der Waals surface area contributed by atoms with E-state index in [1.165, 1.54) is 37.7 Å². The van der Waals surface area contributed by atoms with Crippen molar-refractivity contribution in [1.29, 1.82) is 0 Å². The second kappa shape index (κ2) is 8.66. The highest BCUT2D eigenvalue weighted by Gasteiger charge is 2.25. The molecule has 1 saturated carbocycles. The normalized spacial score (nSPS) is 20.0. The maximum Gasteiger partial charge on any atom is 0.254 e. The second-order valence-electron chi connectivity index (χ2n) is 7.44. The maximum atomic E-state index is 13.0. The van der Waals surface area contributed by atoms with Crippen LogP contribution in [0.15, 0.2) is 24.3 Å². The predicted octanol–water partition coefficient (Wildman–Crippen LogP) is 4.34. The Kier molecular flexibility index (Phi) is 6.30. The van der Waals surface area contributed by atoms with Gasteiger partial charge in [-0.25, -0.2) is 0 Å². The molecule has 1 aromatic carbocycles. The zero-order valence-corrected chi connectivity index (χ0v) is 15.1. The Morgan fingerprint density at radius 2 is 1.71 bits per heavy atom. The summed E-state index contributed by atoms with van der Waals surface area (Å²) in [5, 5.41) is 3.40. The molecule has 3 heteroatoms. The van der Waals surface area contributed by atoms with E-state index in [-0.39, 0.29) is 5.91 Å². The van der Waals surface area contributed by atoms with Gasteiger partial charge in [-0.3, -0.25) is 4.79 Å². The fourth-order valence-corrected chi connectivity index (χ4v) is 4.31. The lowest BCUT2D eigenvalue weighted by Crippen LogP contribution is -2.46. The first-order valence-electron chi connectivity index (χ1n) is 9.91. The van der Waals surface area contributed by atoms with E-state index in [9.17, 15) is 4.79 Å². The number of rotatable bonds is 5. The summed E-state index contributed by atoms with van der Waals surface area (Å²) in [6, 6.07) is 8.94. The van der Waals surface area contributed by atoms with Crippen molar-refractivity contribution < 1.29 is 4.79 Å². The van der Waals surface area contributed by atoms with Crippen molar-refractivity contribution in [3.8, 4) is 0 Å². The molecular formula is C21H32N2O. The third-order valence-electron chi connectivity index (χ3n) is 5.71. The molecule has 0 aromatic heterocycles. The number of nitrogens with zero attached hydrogens (tertiary/aromatic N) is 1. The third kappa shape index (κ3) is 4.18. The highest BCUT2D eigenvalue weighted by Crippen LogP contribution is 2.32. The van der Waals surface area contributed by atoms with Crippen LogP contribution in [0, 0.1) is 0 Å². The maximum absolute atomic E-state index is 13.0. The fraction of sp³-hybridized carbons (Fsp3) is 0.667. The minimum Gasteiger partial charge on any atom is -0.336 e. The summed E-state index contributed by atoms with van der Waals surface area (Å²) in [7, 11) is 0. The van der Waals surface area contributed by atoms with Crippen molar-refractivity contribution in [2.45, 2.75) is 70.3 Å². The van der Waals surface area contributed by atoms with Gasteiger partial charge in [-0.1, -0.05) is 38.3 Å². The number of hydrogen-bond donors (Lipinski definition) is 1. The summed E-state index contributed by atoms with van der Waals surface area (Å²) < 4.78 is 0. The third-order valence-corrected chi connectivity index (χ3v) is 5.71. The predicted molar refractivity (Wildman–Crippen MR) is 99.5 cm³/mol. The summed E-state index contributed by atoms with van der Waals surface area (Å²) in [5.74, 6) is 0.929. The molecule has 2 aliphatic rings.